The number of nitro groups is 1. The second kappa shape index (κ2) is 7.69. The summed E-state index contributed by atoms with van der Waals surface area (Å²) in [6, 6.07) is 14.6. The molecule has 1 aromatic carbocycles. The minimum Gasteiger partial charge on any atom is -0.460 e. The molecular weight excluding hydrogens is 344 g/mol. The topological polar surface area (TPSA) is 84.4 Å². The number of rotatable bonds is 5. The van der Waals surface area contributed by atoms with E-state index in [4.69, 9.17) is 4.42 Å². The summed E-state index contributed by atoms with van der Waals surface area (Å²) in [5.74, 6) is 1.48. The Morgan fingerprint density at radius 1 is 1.26 bits per heavy atom. The van der Waals surface area contributed by atoms with E-state index in [2.05, 4.69) is 21.3 Å². The molecule has 1 unspecified atom stereocenters. The molecule has 0 saturated carbocycles. The van der Waals surface area contributed by atoms with Gasteiger partial charge in [-0.1, -0.05) is 18.2 Å². The highest BCUT2D eigenvalue weighted by Gasteiger charge is 2.25. The van der Waals surface area contributed by atoms with Gasteiger partial charge in [0.25, 0.3) is 5.69 Å². The van der Waals surface area contributed by atoms with E-state index in [0.29, 0.717) is 17.9 Å². The van der Waals surface area contributed by atoms with Gasteiger partial charge < -0.3 is 9.73 Å². The summed E-state index contributed by atoms with van der Waals surface area (Å²) in [7, 11) is 0. The fraction of sp³-hybridized carbons (Fsp3) is 0.250. The lowest BCUT2D eigenvalue weighted by Crippen LogP contribution is -2.45. The fourth-order valence-electron chi connectivity index (χ4n) is 3.43. The van der Waals surface area contributed by atoms with Gasteiger partial charge in [-0.25, -0.2) is 0 Å². The summed E-state index contributed by atoms with van der Waals surface area (Å²) in [6.45, 7) is 3.38. The quantitative estimate of drug-likeness (QED) is 0.552. The molecule has 3 aromatic rings. The molecule has 0 aliphatic carbocycles. The predicted molar refractivity (Wildman–Crippen MR) is 101 cm³/mol. The standard InChI is InChI=1S/C20H20N4O3/c25-24(26)17-5-1-3-15(11-17)20-7-6-18(27-20)14-23-10-9-22-13-19(23)16-4-2-8-21-12-16/h1-8,11-12,19,22H,9-10,13-14H2. The molecule has 0 spiro atoms. The first kappa shape index (κ1) is 17.4. The van der Waals surface area contributed by atoms with Crippen molar-refractivity contribution in [2.24, 2.45) is 0 Å². The Balaban J connectivity index is 1.53. The summed E-state index contributed by atoms with van der Waals surface area (Å²) in [4.78, 5) is 17.2. The first-order valence-corrected chi connectivity index (χ1v) is 8.89. The Bertz CT molecular complexity index is 926. The second-order valence-electron chi connectivity index (χ2n) is 6.55. The lowest BCUT2D eigenvalue weighted by atomic mass is 10.1. The van der Waals surface area contributed by atoms with Crippen LogP contribution in [-0.2, 0) is 6.54 Å². The van der Waals surface area contributed by atoms with Crippen molar-refractivity contribution < 1.29 is 9.34 Å². The molecule has 2 aromatic heterocycles. The van der Waals surface area contributed by atoms with E-state index in [0.717, 1.165) is 25.4 Å². The summed E-state index contributed by atoms with van der Waals surface area (Å²) < 4.78 is 5.99. The maximum atomic E-state index is 11.0. The van der Waals surface area contributed by atoms with Crippen LogP contribution in [0.3, 0.4) is 0 Å². The Morgan fingerprint density at radius 2 is 2.19 bits per heavy atom. The van der Waals surface area contributed by atoms with E-state index >= 15 is 0 Å². The van der Waals surface area contributed by atoms with Gasteiger partial charge >= 0.3 is 0 Å². The third-order valence-electron chi connectivity index (χ3n) is 4.79. The van der Waals surface area contributed by atoms with Gasteiger partial charge in [0.1, 0.15) is 11.5 Å². The van der Waals surface area contributed by atoms with Crippen LogP contribution in [0.4, 0.5) is 5.69 Å². The number of nitrogens with one attached hydrogen (secondary N) is 1. The Labute approximate surface area is 156 Å². The largest absolute Gasteiger partial charge is 0.460 e. The number of hydrogen-bond donors (Lipinski definition) is 1. The lowest BCUT2D eigenvalue weighted by molar-refractivity contribution is -0.384. The minimum absolute atomic E-state index is 0.0594. The monoisotopic (exact) mass is 364 g/mol. The van der Waals surface area contributed by atoms with E-state index in [9.17, 15) is 10.1 Å². The number of pyridine rings is 1. The van der Waals surface area contributed by atoms with Crippen molar-refractivity contribution in [1.29, 1.82) is 0 Å². The van der Waals surface area contributed by atoms with Gasteiger partial charge in [0.05, 0.1) is 11.5 Å². The number of nitro benzene ring substituents is 1. The first-order chi connectivity index (χ1) is 13.2. The van der Waals surface area contributed by atoms with Crippen molar-refractivity contribution >= 4 is 5.69 Å². The zero-order valence-corrected chi connectivity index (χ0v) is 14.7. The zero-order valence-electron chi connectivity index (χ0n) is 14.7. The SMILES string of the molecule is O=[N+]([O-])c1cccc(-c2ccc(CN3CCNCC3c3cccnc3)o2)c1. The van der Waals surface area contributed by atoms with E-state index < -0.39 is 4.92 Å². The van der Waals surface area contributed by atoms with Gasteiger partial charge in [0.15, 0.2) is 0 Å². The van der Waals surface area contributed by atoms with Crippen LogP contribution in [0.5, 0.6) is 0 Å². The number of piperazine rings is 1. The van der Waals surface area contributed by atoms with Gasteiger partial charge in [-0.3, -0.25) is 20.0 Å². The van der Waals surface area contributed by atoms with Crippen molar-refractivity contribution in [2.75, 3.05) is 19.6 Å². The summed E-state index contributed by atoms with van der Waals surface area (Å²) in [5.41, 5.74) is 1.94. The molecule has 3 heterocycles. The fourth-order valence-corrected chi connectivity index (χ4v) is 3.43. The van der Waals surface area contributed by atoms with Crippen molar-refractivity contribution in [3.8, 4) is 11.3 Å². The number of nitrogens with zero attached hydrogens (tertiary/aromatic N) is 3. The van der Waals surface area contributed by atoms with Crippen LogP contribution in [0.1, 0.15) is 17.4 Å². The van der Waals surface area contributed by atoms with Crippen LogP contribution < -0.4 is 5.32 Å². The number of hydrogen-bond acceptors (Lipinski definition) is 6. The van der Waals surface area contributed by atoms with Crippen molar-refractivity contribution in [2.45, 2.75) is 12.6 Å². The molecule has 7 heteroatoms. The van der Waals surface area contributed by atoms with E-state index in [1.807, 2.05) is 30.5 Å². The predicted octanol–water partition coefficient (Wildman–Crippen LogP) is 3.40. The molecule has 138 valence electrons. The van der Waals surface area contributed by atoms with Crippen molar-refractivity contribution in [3.63, 3.8) is 0 Å². The van der Waals surface area contributed by atoms with Crippen molar-refractivity contribution in [3.05, 3.63) is 82.4 Å². The molecule has 0 bridgehead atoms. The van der Waals surface area contributed by atoms with Crippen LogP contribution >= 0.6 is 0 Å². The maximum Gasteiger partial charge on any atom is 0.270 e. The Hall–Kier alpha value is -3.03. The molecule has 1 fully saturated rings. The Kier molecular flexibility index (Phi) is 4.95. The summed E-state index contributed by atoms with van der Waals surface area (Å²) in [5, 5.41) is 14.4. The van der Waals surface area contributed by atoms with Gasteiger partial charge in [0, 0.05) is 55.8 Å². The highest BCUT2D eigenvalue weighted by atomic mass is 16.6. The molecule has 1 N–H and O–H groups in total. The van der Waals surface area contributed by atoms with Crippen LogP contribution in [0.2, 0.25) is 0 Å². The molecule has 7 nitrogen and oxygen atoms in total. The van der Waals surface area contributed by atoms with Gasteiger partial charge in [0.2, 0.25) is 0 Å². The molecule has 1 saturated heterocycles. The van der Waals surface area contributed by atoms with Crippen LogP contribution in [-0.4, -0.2) is 34.4 Å². The molecule has 4 rings (SSSR count). The first-order valence-electron chi connectivity index (χ1n) is 8.89. The molecule has 1 atom stereocenters. The molecular formula is C20H20N4O3. The minimum atomic E-state index is -0.396. The molecule has 1 aliphatic rings. The van der Waals surface area contributed by atoms with Gasteiger partial charge in [-0.05, 0) is 23.8 Å². The van der Waals surface area contributed by atoms with E-state index in [1.54, 1.807) is 12.3 Å². The van der Waals surface area contributed by atoms with Gasteiger partial charge in [-0.15, -0.1) is 0 Å². The Morgan fingerprint density at radius 3 is 3.00 bits per heavy atom. The normalized spacial score (nSPS) is 17.7. The van der Waals surface area contributed by atoms with Crippen LogP contribution in [0.25, 0.3) is 11.3 Å². The lowest BCUT2D eigenvalue weighted by Gasteiger charge is -2.35. The number of furan rings is 1. The summed E-state index contributed by atoms with van der Waals surface area (Å²) in [6.07, 6.45) is 3.68. The molecule has 0 amide bonds. The second-order valence-corrected chi connectivity index (χ2v) is 6.55. The molecule has 27 heavy (non-hydrogen) atoms. The molecule has 1 aliphatic heterocycles. The van der Waals surface area contributed by atoms with E-state index in [-0.39, 0.29) is 11.7 Å². The van der Waals surface area contributed by atoms with Crippen LogP contribution in [0.15, 0.2) is 65.3 Å². The third-order valence-corrected chi connectivity index (χ3v) is 4.79. The smallest absolute Gasteiger partial charge is 0.270 e. The number of benzene rings is 1. The highest BCUT2D eigenvalue weighted by Crippen LogP contribution is 2.28. The average Bonchev–Trinajstić information content (AvgIpc) is 3.18. The number of non-ortho nitro benzene ring substituents is 1. The van der Waals surface area contributed by atoms with Gasteiger partial charge in [-0.2, -0.15) is 0 Å². The number of aromatic nitrogens is 1. The van der Waals surface area contributed by atoms with Crippen LogP contribution in [0, 0.1) is 10.1 Å². The third kappa shape index (κ3) is 3.89. The molecule has 0 radical (unpaired) electrons. The average molecular weight is 364 g/mol. The maximum absolute atomic E-state index is 11.0. The zero-order chi connectivity index (χ0) is 18.6. The summed E-state index contributed by atoms with van der Waals surface area (Å²) >= 11 is 0. The highest BCUT2D eigenvalue weighted by molar-refractivity contribution is 5.61. The van der Waals surface area contributed by atoms with E-state index in [1.165, 1.54) is 17.7 Å². The van der Waals surface area contributed by atoms with Crippen molar-refractivity contribution in [1.82, 2.24) is 15.2 Å².